The van der Waals surface area contributed by atoms with Crippen LogP contribution in [0.3, 0.4) is 0 Å². The zero-order chi connectivity index (χ0) is 9.26. The summed E-state index contributed by atoms with van der Waals surface area (Å²) < 4.78 is 4.87. The molecule has 1 aliphatic carbocycles. The number of hydrogen-bond donors (Lipinski definition) is 0. The number of carbonyl (C=O) groups excluding carboxylic acids is 1. The molecule has 1 aliphatic rings. The Labute approximate surface area is 80.8 Å². The summed E-state index contributed by atoms with van der Waals surface area (Å²) in [6.45, 7) is 2.23. The van der Waals surface area contributed by atoms with Gasteiger partial charge in [0.05, 0.1) is 17.8 Å². The van der Waals surface area contributed by atoms with E-state index in [1.54, 1.807) is 13.1 Å². The third-order valence-electron chi connectivity index (χ3n) is 1.93. The lowest BCUT2D eigenvalue weighted by Gasteiger charge is -1.95. The molecule has 1 saturated carbocycles. The second-order valence-corrected chi connectivity index (χ2v) is 4.12. The largest absolute Gasteiger partial charge is 0.462 e. The van der Waals surface area contributed by atoms with Gasteiger partial charge in [-0.3, -0.25) is 0 Å². The van der Waals surface area contributed by atoms with Crippen LogP contribution in [0.25, 0.3) is 0 Å². The van der Waals surface area contributed by atoms with E-state index in [1.165, 1.54) is 24.2 Å². The lowest BCUT2D eigenvalue weighted by atomic mass is 10.5. The summed E-state index contributed by atoms with van der Waals surface area (Å²) in [5.41, 5.74) is 0. The Morgan fingerprint density at radius 3 is 3.15 bits per heavy atom. The SMILES string of the molecule is CCOC(=O)c1cnc(C2CC2)s1. The van der Waals surface area contributed by atoms with Gasteiger partial charge >= 0.3 is 5.97 Å². The van der Waals surface area contributed by atoms with Gasteiger partial charge in [0.25, 0.3) is 0 Å². The normalized spacial score (nSPS) is 15.8. The number of ether oxygens (including phenoxy) is 1. The number of thiazole rings is 1. The molecule has 1 heterocycles. The molecule has 13 heavy (non-hydrogen) atoms. The zero-order valence-electron chi connectivity index (χ0n) is 7.45. The molecule has 0 unspecified atom stereocenters. The Hall–Kier alpha value is -0.900. The second-order valence-electron chi connectivity index (χ2n) is 3.06. The van der Waals surface area contributed by atoms with Crippen LogP contribution in [0.5, 0.6) is 0 Å². The van der Waals surface area contributed by atoms with Crippen LogP contribution in [0.4, 0.5) is 0 Å². The van der Waals surface area contributed by atoms with Crippen molar-refractivity contribution in [3.8, 4) is 0 Å². The Bertz CT molecular complexity index is 317. The molecule has 0 saturated heterocycles. The average Bonchev–Trinajstić information content (AvgIpc) is 2.84. The summed E-state index contributed by atoms with van der Waals surface area (Å²) in [7, 11) is 0. The molecule has 0 atom stereocenters. The molecule has 0 N–H and O–H groups in total. The molecule has 0 bridgehead atoms. The summed E-state index contributed by atoms with van der Waals surface area (Å²) in [6.07, 6.45) is 4.06. The van der Waals surface area contributed by atoms with Gasteiger partial charge in [0.1, 0.15) is 4.88 Å². The summed E-state index contributed by atoms with van der Waals surface area (Å²) in [5.74, 6) is 0.375. The smallest absolute Gasteiger partial charge is 0.349 e. The first-order chi connectivity index (χ1) is 6.31. The molecule has 4 heteroatoms. The molecule has 70 valence electrons. The molecule has 0 amide bonds. The third kappa shape index (κ3) is 1.88. The van der Waals surface area contributed by atoms with E-state index < -0.39 is 0 Å². The minimum Gasteiger partial charge on any atom is -0.462 e. The van der Waals surface area contributed by atoms with E-state index in [2.05, 4.69) is 4.98 Å². The molecular formula is C9H11NO2S. The highest BCUT2D eigenvalue weighted by Crippen LogP contribution is 2.41. The zero-order valence-corrected chi connectivity index (χ0v) is 8.26. The molecule has 1 aromatic heterocycles. The molecule has 2 rings (SSSR count). The van der Waals surface area contributed by atoms with Gasteiger partial charge in [-0.15, -0.1) is 11.3 Å². The van der Waals surface area contributed by atoms with Crippen molar-refractivity contribution in [1.82, 2.24) is 4.98 Å². The highest BCUT2D eigenvalue weighted by Gasteiger charge is 2.27. The van der Waals surface area contributed by atoms with E-state index >= 15 is 0 Å². The van der Waals surface area contributed by atoms with Crippen molar-refractivity contribution in [2.45, 2.75) is 25.7 Å². The van der Waals surface area contributed by atoms with Gasteiger partial charge in [-0.25, -0.2) is 9.78 Å². The van der Waals surface area contributed by atoms with Crippen molar-refractivity contribution in [3.63, 3.8) is 0 Å². The molecule has 0 radical (unpaired) electrons. The summed E-state index contributed by atoms with van der Waals surface area (Å²) >= 11 is 1.47. The molecule has 0 spiro atoms. The maximum Gasteiger partial charge on any atom is 0.349 e. The Morgan fingerprint density at radius 2 is 2.54 bits per heavy atom. The van der Waals surface area contributed by atoms with Crippen LogP contribution >= 0.6 is 11.3 Å². The van der Waals surface area contributed by atoms with Gasteiger partial charge in [-0.05, 0) is 19.8 Å². The Morgan fingerprint density at radius 1 is 1.77 bits per heavy atom. The van der Waals surface area contributed by atoms with Gasteiger partial charge in [-0.2, -0.15) is 0 Å². The number of esters is 1. The predicted octanol–water partition coefficient (Wildman–Crippen LogP) is 2.20. The predicted molar refractivity (Wildman–Crippen MR) is 50.0 cm³/mol. The van der Waals surface area contributed by atoms with Crippen LogP contribution in [-0.2, 0) is 4.74 Å². The molecule has 0 aliphatic heterocycles. The topological polar surface area (TPSA) is 39.2 Å². The summed E-state index contributed by atoms with van der Waals surface area (Å²) in [4.78, 5) is 16.1. The number of carbonyl (C=O) groups is 1. The summed E-state index contributed by atoms with van der Waals surface area (Å²) in [5, 5.41) is 1.09. The quantitative estimate of drug-likeness (QED) is 0.697. The number of rotatable bonds is 3. The third-order valence-corrected chi connectivity index (χ3v) is 3.07. The molecular weight excluding hydrogens is 186 g/mol. The first-order valence-corrected chi connectivity index (χ1v) is 5.25. The van der Waals surface area contributed by atoms with Crippen molar-refractivity contribution in [2.75, 3.05) is 6.61 Å². The number of nitrogens with zero attached hydrogens (tertiary/aromatic N) is 1. The monoisotopic (exact) mass is 197 g/mol. The fourth-order valence-corrected chi connectivity index (χ4v) is 2.08. The standard InChI is InChI=1S/C9H11NO2S/c1-2-12-9(11)7-5-10-8(13-7)6-3-4-6/h5-6H,2-4H2,1H3. The van der Waals surface area contributed by atoms with E-state index in [0.717, 1.165) is 5.01 Å². The van der Waals surface area contributed by atoms with Crippen LogP contribution in [-0.4, -0.2) is 17.6 Å². The fraction of sp³-hybridized carbons (Fsp3) is 0.556. The summed E-state index contributed by atoms with van der Waals surface area (Å²) in [6, 6.07) is 0. The maximum atomic E-state index is 11.2. The van der Waals surface area contributed by atoms with E-state index in [9.17, 15) is 4.79 Å². The van der Waals surface area contributed by atoms with E-state index in [1.807, 2.05) is 0 Å². The fourth-order valence-electron chi connectivity index (χ4n) is 1.10. The molecule has 3 nitrogen and oxygen atoms in total. The minimum atomic E-state index is -0.244. The van der Waals surface area contributed by atoms with Crippen molar-refractivity contribution >= 4 is 17.3 Å². The van der Waals surface area contributed by atoms with Crippen LogP contribution in [0.15, 0.2) is 6.20 Å². The highest BCUT2D eigenvalue weighted by molar-refractivity contribution is 7.13. The van der Waals surface area contributed by atoms with E-state index in [0.29, 0.717) is 17.4 Å². The first-order valence-electron chi connectivity index (χ1n) is 4.44. The van der Waals surface area contributed by atoms with Crippen molar-refractivity contribution in [3.05, 3.63) is 16.1 Å². The van der Waals surface area contributed by atoms with Crippen LogP contribution in [0.2, 0.25) is 0 Å². The highest BCUT2D eigenvalue weighted by atomic mass is 32.1. The Balaban J connectivity index is 2.07. The average molecular weight is 197 g/mol. The van der Waals surface area contributed by atoms with Crippen molar-refractivity contribution < 1.29 is 9.53 Å². The lowest BCUT2D eigenvalue weighted by molar-refractivity contribution is 0.0532. The lowest BCUT2D eigenvalue weighted by Crippen LogP contribution is -2.01. The maximum absolute atomic E-state index is 11.2. The first kappa shape index (κ1) is 8.69. The second kappa shape index (κ2) is 3.46. The van der Waals surface area contributed by atoms with Crippen molar-refractivity contribution in [1.29, 1.82) is 0 Å². The van der Waals surface area contributed by atoms with Gasteiger partial charge in [-0.1, -0.05) is 0 Å². The van der Waals surface area contributed by atoms with Crippen LogP contribution in [0.1, 0.15) is 40.4 Å². The van der Waals surface area contributed by atoms with Crippen molar-refractivity contribution in [2.24, 2.45) is 0 Å². The van der Waals surface area contributed by atoms with Crippen LogP contribution < -0.4 is 0 Å². The molecule has 0 aromatic carbocycles. The molecule has 1 aromatic rings. The van der Waals surface area contributed by atoms with Gasteiger partial charge in [0, 0.05) is 5.92 Å². The van der Waals surface area contributed by atoms with Gasteiger partial charge in [0.2, 0.25) is 0 Å². The van der Waals surface area contributed by atoms with Crippen LogP contribution in [0, 0.1) is 0 Å². The van der Waals surface area contributed by atoms with Gasteiger partial charge in [0.15, 0.2) is 0 Å². The molecule has 1 fully saturated rings. The number of hydrogen-bond acceptors (Lipinski definition) is 4. The minimum absolute atomic E-state index is 0.244. The number of aromatic nitrogens is 1. The van der Waals surface area contributed by atoms with E-state index in [-0.39, 0.29) is 5.97 Å². The van der Waals surface area contributed by atoms with Gasteiger partial charge < -0.3 is 4.74 Å². The van der Waals surface area contributed by atoms with E-state index in [4.69, 9.17) is 4.74 Å². The Kier molecular flexibility index (Phi) is 2.31.